The molecule has 14 heteroatoms. The fraction of sp³-hybridized carbons (Fsp3) is 0.464. The average Bonchev–Trinajstić information content (AvgIpc) is 3.16. The number of nitrogens with one attached hydrogen (secondary N) is 1. The van der Waals surface area contributed by atoms with Crippen LogP contribution in [0.15, 0.2) is 53.8 Å². The van der Waals surface area contributed by atoms with Crippen molar-refractivity contribution in [1.29, 1.82) is 0 Å². The zero-order valence-corrected chi connectivity index (χ0v) is 23.9. The van der Waals surface area contributed by atoms with Gasteiger partial charge in [-0.15, -0.1) is 0 Å². The number of likely N-dealkylation sites (tertiary alicyclic amines) is 1. The molecule has 1 saturated heterocycles. The number of rotatable bonds is 10. The first-order valence-electron chi connectivity index (χ1n) is 13.3. The Morgan fingerprint density at radius 2 is 1.98 bits per heavy atom. The lowest BCUT2D eigenvalue weighted by Crippen LogP contribution is -2.61. The van der Waals surface area contributed by atoms with E-state index in [0.29, 0.717) is 15.7 Å². The molecule has 0 radical (unpaired) electrons. The molecule has 2 aliphatic rings. The predicted molar refractivity (Wildman–Crippen MR) is 148 cm³/mol. The number of carbonyl (C=O) groups is 3. The van der Waals surface area contributed by atoms with E-state index in [2.05, 4.69) is 15.4 Å². The molecule has 0 aliphatic carbocycles. The van der Waals surface area contributed by atoms with E-state index < -0.39 is 47.4 Å². The fourth-order valence-corrected chi connectivity index (χ4v) is 5.14. The number of amides is 3. The third-order valence-electron chi connectivity index (χ3n) is 7.00. The van der Waals surface area contributed by atoms with E-state index in [-0.39, 0.29) is 44.9 Å². The molecule has 1 aromatic heterocycles. The fourth-order valence-electron chi connectivity index (χ4n) is 4.92. The van der Waals surface area contributed by atoms with Crippen LogP contribution in [-0.4, -0.2) is 82.3 Å². The summed E-state index contributed by atoms with van der Waals surface area (Å²) in [5.41, 5.74) is 4.55. The third-order valence-corrected chi connectivity index (χ3v) is 7.23. The summed E-state index contributed by atoms with van der Waals surface area (Å²) in [7, 11) is 0. The maximum absolute atomic E-state index is 13.9. The van der Waals surface area contributed by atoms with E-state index in [1.807, 2.05) is 0 Å². The van der Waals surface area contributed by atoms with Gasteiger partial charge in [0.2, 0.25) is 11.8 Å². The minimum absolute atomic E-state index is 0.0538. The molecule has 1 fully saturated rings. The van der Waals surface area contributed by atoms with Crippen LogP contribution >= 0.6 is 11.6 Å². The maximum atomic E-state index is 13.9. The molecule has 3 N–H and O–H groups in total. The van der Waals surface area contributed by atoms with Crippen molar-refractivity contribution in [3.63, 3.8) is 0 Å². The molecule has 1 unspecified atom stereocenters. The molecule has 0 spiro atoms. The number of halogens is 4. The minimum Gasteiger partial charge on any atom is -0.374 e. The standard InChI is InChI=1S/C28H32ClF3N6O4/c1-26(2,33)24(40)35-21(15-42-14-18-6-5-7-19(29)12-18)23(39)37-11-9-22-27(16-37,13-20-8-3-4-10-34-20)25(41)38(36-22)17-28(30,31)32/h3-8,10,12,21H,9,11,13-17,33H2,1-2H3,(H,35,40)/t21?,27-/m1/s1. The van der Waals surface area contributed by atoms with Crippen molar-refractivity contribution < 1.29 is 32.3 Å². The quantitative estimate of drug-likeness (QED) is 0.427. The van der Waals surface area contributed by atoms with E-state index in [1.165, 1.54) is 24.9 Å². The van der Waals surface area contributed by atoms with Gasteiger partial charge in [-0.05, 0) is 43.7 Å². The molecule has 3 heterocycles. The summed E-state index contributed by atoms with van der Waals surface area (Å²) in [6.07, 6.45) is -3.15. The molecule has 3 amide bonds. The van der Waals surface area contributed by atoms with E-state index in [4.69, 9.17) is 22.1 Å². The SMILES string of the molecule is CC(C)(N)C(=O)NC(COCc1cccc(Cl)c1)C(=O)N1CCC2=NN(CC(F)(F)F)C(=O)[C@]2(Cc2ccccn2)C1. The highest BCUT2D eigenvalue weighted by Crippen LogP contribution is 2.39. The number of hydrogen-bond donors (Lipinski definition) is 2. The second-order valence-electron chi connectivity index (χ2n) is 11.0. The van der Waals surface area contributed by atoms with Gasteiger partial charge >= 0.3 is 6.18 Å². The molecule has 226 valence electrons. The van der Waals surface area contributed by atoms with Crippen LogP contribution in [0, 0.1) is 5.41 Å². The summed E-state index contributed by atoms with van der Waals surface area (Å²) < 4.78 is 45.6. The average molecular weight is 609 g/mol. The van der Waals surface area contributed by atoms with E-state index in [1.54, 1.807) is 42.5 Å². The molecule has 2 aromatic rings. The minimum atomic E-state index is -4.67. The van der Waals surface area contributed by atoms with Gasteiger partial charge in [-0.1, -0.05) is 29.8 Å². The van der Waals surface area contributed by atoms with Crippen LogP contribution in [0.2, 0.25) is 5.02 Å². The molecule has 2 aliphatic heterocycles. The number of fused-ring (bicyclic) bond motifs is 1. The Balaban J connectivity index is 1.58. The number of hydrogen-bond acceptors (Lipinski definition) is 7. The Hall–Kier alpha value is -3.55. The van der Waals surface area contributed by atoms with Crippen LogP contribution in [0.1, 0.15) is 31.5 Å². The topological polar surface area (TPSA) is 130 Å². The first-order chi connectivity index (χ1) is 19.7. The number of nitrogens with two attached hydrogens (primary N) is 1. The van der Waals surface area contributed by atoms with Crippen molar-refractivity contribution in [3.05, 3.63) is 64.9 Å². The molecule has 42 heavy (non-hydrogen) atoms. The van der Waals surface area contributed by atoms with Gasteiger partial charge in [0.1, 0.15) is 18.0 Å². The van der Waals surface area contributed by atoms with Crippen molar-refractivity contribution in [1.82, 2.24) is 20.2 Å². The lowest BCUT2D eigenvalue weighted by Gasteiger charge is -2.40. The van der Waals surface area contributed by atoms with Gasteiger partial charge in [0.05, 0.1) is 24.5 Å². The summed E-state index contributed by atoms with van der Waals surface area (Å²) in [5.74, 6) is -2.04. The summed E-state index contributed by atoms with van der Waals surface area (Å²) in [5, 5.41) is 7.61. The molecular weight excluding hydrogens is 577 g/mol. The predicted octanol–water partition coefficient (Wildman–Crippen LogP) is 2.70. The molecule has 2 atom stereocenters. The molecule has 10 nitrogen and oxygen atoms in total. The second-order valence-corrected chi connectivity index (χ2v) is 11.4. The molecule has 0 bridgehead atoms. The summed E-state index contributed by atoms with van der Waals surface area (Å²) in [4.78, 5) is 45.8. The lowest BCUT2D eigenvalue weighted by molar-refractivity contribution is -0.164. The van der Waals surface area contributed by atoms with Gasteiger partial charge in [0.15, 0.2) is 0 Å². The number of benzene rings is 1. The van der Waals surface area contributed by atoms with Gasteiger partial charge in [-0.2, -0.15) is 18.3 Å². The molecule has 0 saturated carbocycles. The van der Waals surface area contributed by atoms with Gasteiger partial charge in [-0.3, -0.25) is 19.4 Å². The number of aromatic nitrogens is 1. The zero-order valence-electron chi connectivity index (χ0n) is 23.2. The van der Waals surface area contributed by atoms with Gasteiger partial charge in [0, 0.05) is 42.8 Å². The Morgan fingerprint density at radius 3 is 2.62 bits per heavy atom. The van der Waals surface area contributed by atoms with Gasteiger partial charge < -0.3 is 20.7 Å². The van der Waals surface area contributed by atoms with E-state index >= 15 is 0 Å². The van der Waals surface area contributed by atoms with Crippen LogP contribution in [0.4, 0.5) is 13.2 Å². The highest BCUT2D eigenvalue weighted by Gasteiger charge is 2.56. The number of hydrazone groups is 1. The Labute approximate surface area is 246 Å². The van der Waals surface area contributed by atoms with Gasteiger partial charge in [0.25, 0.3) is 5.91 Å². The number of alkyl halides is 3. The van der Waals surface area contributed by atoms with Crippen LogP contribution in [0.25, 0.3) is 0 Å². The highest BCUT2D eigenvalue weighted by atomic mass is 35.5. The van der Waals surface area contributed by atoms with Crippen LogP contribution in [-0.2, 0) is 32.1 Å². The number of ether oxygens (including phenoxy) is 1. The Bertz CT molecular complexity index is 1350. The number of carbonyl (C=O) groups excluding carboxylic acids is 3. The molecule has 1 aromatic carbocycles. The van der Waals surface area contributed by atoms with Crippen molar-refractivity contribution in [2.75, 3.05) is 26.2 Å². The van der Waals surface area contributed by atoms with Gasteiger partial charge in [-0.25, -0.2) is 5.01 Å². The lowest BCUT2D eigenvalue weighted by atomic mass is 9.74. The van der Waals surface area contributed by atoms with Crippen LogP contribution < -0.4 is 11.1 Å². The molecule has 4 rings (SSSR count). The smallest absolute Gasteiger partial charge is 0.374 e. The normalized spacial score (nSPS) is 19.8. The summed E-state index contributed by atoms with van der Waals surface area (Å²) >= 11 is 6.04. The van der Waals surface area contributed by atoms with Crippen molar-refractivity contribution in [3.8, 4) is 0 Å². The summed E-state index contributed by atoms with van der Waals surface area (Å²) in [6, 6.07) is 10.8. The van der Waals surface area contributed by atoms with Crippen molar-refractivity contribution in [2.24, 2.45) is 16.3 Å². The van der Waals surface area contributed by atoms with Crippen molar-refractivity contribution in [2.45, 2.75) is 51.1 Å². The van der Waals surface area contributed by atoms with Crippen LogP contribution in [0.3, 0.4) is 0 Å². The van der Waals surface area contributed by atoms with Crippen molar-refractivity contribution >= 4 is 35.0 Å². The largest absolute Gasteiger partial charge is 0.408 e. The zero-order chi connectivity index (χ0) is 30.7. The third kappa shape index (κ3) is 7.44. The van der Waals surface area contributed by atoms with Crippen LogP contribution in [0.5, 0.6) is 0 Å². The van der Waals surface area contributed by atoms with E-state index in [9.17, 15) is 27.6 Å². The Morgan fingerprint density at radius 1 is 1.21 bits per heavy atom. The Kier molecular flexibility index (Phi) is 9.24. The van der Waals surface area contributed by atoms with E-state index in [0.717, 1.165) is 5.56 Å². The first-order valence-corrected chi connectivity index (χ1v) is 13.6. The number of pyridine rings is 1. The highest BCUT2D eigenvalue weighted by molar-refractivity contribution is 6.30. The number of piperidine rings is 1. The molecular formula is C28H32ClF3N6O4. The maximum Gasteiger partial charge on any atom is 0.408 e. The first kappa shape index (κ1) is 31.4. The monoisotopic (exact) mass is 608 g/mol. The second kappa shape index (κ2) is 12.4. The number of nitrogens with zero attached hydrogens (tertiary/aromatic N) is 4. The summed E-state index contributed by atoms with van der Waals surface area (Å²) in [6.45, 7) is 1.10.